The standard InChI is InChI=1S/C21H36N6OS.HI/c1-5-22-21(24-12-19-23-11-18(4)29-19)26-8-6-25(7-9-26)15-20(28)27-13-16(2)10-17(3)14-27;/h11,16-17H,5-10,12-15H2,1-4H3,(H,22,24);1H. The van der Waals surface area contributed by atoms with Crippen LogP contribution in [0.15, 0.2) is 11.2 Å². The van der Waals surface area contributed by atoms with E-state index in [1.54, 1.807) is 11.3 Å². The number of aliphatic imine (C=N–C) groups is 1. The molecular formula is C21H37IN6OS. The molecule has 2 aliphatic heterocycles. The first-order chi connectivity index (χ1) is 13.9. The maximum Gasteiger partial charge on any atom is 0.236 e. The number of nitrogens with one attached hydrogen (secondary N) is 1. The molecule has 1 aromatic rings. The maximum atomic E-state index is 12.8. The molecule has 30 heavy (non-hydrogen) atoms. The highest BCUT2D eigenvalue weighted by molar-refractivity contribution is 14.0. The average molecular weight is 549 g/mol. The zero-order valence-electron chi connectivity index (χ0n) is 18.8. The smallest absolute Gasteiger partial charge is 0.236 e. The van der Waals surface area contributed by atoms with E-state index in [9.17, 15) is 4.79 Å². The first-order valence-corrected chi connectivity index (χ1v) is 11.7. The van der Waals surface area contributed by atoms with Gasteiger partial charge in [0.05, 0.1) is 13.1 Å². The molecule has 0 radical (unpaired) electrons. The van der Waals surface area contributed by atoms with Crippen LogP contribution in [0, 0.1) is 18.8 Å². The number of aromatic nitrogens is 1. The lowest BCUT2D eigenvalue weighted by molar-refractivity contribution is -0.135. The Bertz CT molecular complexity index is 693. The summed E-state index contributed by atoms with van der Waals surface area (Å²) >= 11 is 1.70. The van der Waals surface area contributed by atoms with Crippen LogP contribution >= 0.6 is 35.3 Å². The topological polar surface area (TPSA) is 64.1 Å². The third-order valence-electron chi connectivity index (χ3n) is 5.62. The highest BCUT2D eigenvalue weighted by Crippen LogP contribution is 2.21. The number of aryl methyl sites for hydroxylation is 1. The Kier molecular flexibility index (Phi) is 10.3. The number of piperidine rings is 1. The Morgan fingerprint density at radius 2 is 1.87 bits per heavy atom. The lowest BCUT2D eigenvalue weighted by Gasteiger charge is -2.39. The van der Waals surface area contributed by atoms with Gasteiger partial charge in [-0.3, -0.25) is 9.69 Å². The molecule has 1 aromatic heterocycles. The summed E-state index contributed by atoms with van der Waals surface area (Å²) < 4.78 is 0. The number of likely N-dealkylation sites (tertiary alicyclic amines) is 1. The van der Waals surface area contributed by atoms with Crippen LogP contribution in [-0.2, 0) is 11.3 Å². The average Bonchev–Trinajstić information content (AvgIpc) is 3.10. The number of hydrogen-bond acceptors (Lipinski definition) is 5. The molecular weight excluding hydrogens is 511 g/mol. The monoisotopic (exact) mass is 548 g/mol. The number of piperazine rings is 1. The minimum Gasteiger partial charge on any atom is -0.357 e. The van der Waals surface area contributed by atoms with E-state index in [4.69, 9.17) is 4.99 Å². The van der Waals surface area contributed by atoms with Crippen molar-refractivity contribution >= 4 is 47.2 Å². The molecule has 0 bridgehead atoms. The zero-order chi connectivity index (χ0) is 20.8. The molecule has 7 nitrogen and oxygen atoms in total. The quantitative estimate of drug-likeness (QED) is 0.349. The normalized spacial score (nSPS) is 23.3. The van der Waals surface area contributed by atoms with Crippen molar-refractivity contribution in [2.24, 2.45) is 16.8 Å². The maximum absolute atomic E-state index is 12.8. The molecule has 0 aliphatic carbocycles. The second-order valence-corrected chi connectivity index (χ2v) is 9.86. The molecule has 9 heteroatoms. The molecule has 2 fully saturated rings. The van der Waals surface area contributed by atoms with Gasteiger partial charge in [-0.05, 0) is 32.1 Å². The third kappa shape index (κ3) is 7.33. The van der Waals surface area contributed by atoms with Crippen molar-refractivity contribution in [3.8, 4) is 0 Å². The summed E-state index contributed by atoms with van der Waals surface area (Å²) in [5.74, 6) is 2.46. The fourth-order valence-corrected chi connectivity index (χ4v) is 5.03. The fourth-order valence-electron chi connectivity index (χ4n) is 4.32. The van der Waals surface area contributed by atoms with E-state index < -0.39 is 0 Å². The van der Waals surface area contributed by atoms with Crippen molar-refractivity contribution in [2.45, 2.75) is 40.7 Å². The van der Waals surface area contributed by atoms with Gasteiger partial charge in [0.2, 0.25) is 5.91 Å². The molecule has 1 N–H and O–H groups in total. The first kappa shape index (κ1) is 25.3. The molecule has 0 saturated carbocycles. The Balaban J connectivity index is 0.00000320. The molecule has 2 unspecified atom stereocenters. The number of carbonyl (C=O) groups is 1. The van der Waals surface area contributed by atoms with Gasteiger partial charge in [-0.25, -0.2) is 9.98 Å². The van der Waals surface area contributed by atoms with E-state index >= 15 is 0 Å². The predicted octanol–water partition coefficient (Wildman–Crippen LogP) is 2.66. The van der Waals surface area contributed by atoms with Crippen LogP contribution in [-0.4, -0.2) is 83.9 Å². The number of amides is 1. The van der Waals surface area contributed by atoms with Gasteiger partial charge in [0.25, 0.3) is 0 Å². The highest BCUT2D eigenvalue weighted by Gasteiger charge is 2.28. The van der Waals surface area contributed by atoms with Gasteiger partial charge in [-0.1, -0.05) is 13.8 Å². The number of thiazole rings is 1. The van der Waals surface area contributed by atoms with Gasteiger partial charge in [0, 0.05) is 56.9 Å². The molecule has 3 heterocycles. The molecule has 2 atom stereocenters. The van der Waals surface area contributed by atoms with Gasteiger partial charge >= 0.3 is 0 Å². The number of nitrogens with zero attached hydrogens (tertiary/aromatic N) is 5. The van der Waals surface area contributed by atoms with Crippen molar-refractivity contribution in [2.75, 3.05) is 52.4 Å². The minimum atomic E-state index is 0. The van der Waals surface area contributed by atoms with E-state index in [-0.39, 0.29) is 29.9 Å². The lowest BCUT2D eigenvalue weighted by Crippen LogP contribution is -2.55. The van der Waals surface area contributed by atoms with E-state index in [0.29, 0.717) is 24.9 Å². The van der Waals surface area contributed by atoms with Crippen molar-refractivity contribution in [3.05, 3.63) is 16.1 Å². The van der Waals surface area contributed by atoms with Crippen molar-refractivity contribution in [3.63, 3.8) is 0 Å². The van der Waals surface area contributed by atoms with E-state index in [1.807, 2.05) is 6.20 Å². The molecule has 0 spiro atoms. The second kappa shape index (κ2) is 12.2. The first-order valence-electron chi connectivity index (χ1n) is 10.9. The Morgan fingerprint density at radius 1 is 1.20 bits per heavy atom. The minimum absolute atomic E-state index is 0. The van der Waals surface area contributed by atoms with Crippen molar-refractivity contribution in [1.29, 1.82) is 0 Å². The summed E-state index contributed by atoms with van der Waals surface area (Å²) in [7, 11) is 0. The number of hydrogen-bond donors (Lipinski definition) is 1. The summed E-state index contributed by atoms with van der Waals surface area (Å²) in [5.41, 5.74) is 0. The zero-order valence-corrected chi connectivity index (χ0v) is 21.9. The molecule has 170 valence electrons. The van der Waals surface area contributed by atoms with Gasteiger partial charge in [-0.2, -0.15) is 0 Å². The molecule has 1 amide bonds. The van der Waals surface area contributed by atoms with Crippen molar-refractivity contribution in [1.82, 2.24) is 25.0 Å². The highest BCUT2D eigenvalue weighted by atomic mass is 127. The third-order valence-corrected chi connectivity index (χ3v) is 6.52. The lowest BCUT2D eigenvalue weighted by atomic mass is 9.92. The number of rotatable bonds is 5. The van der Waals surface area contributed by atoms with Gasteiger partial charge in [0.1, 0.15) is 5.01 Å². The Labute approximate surface area is 202 Å². The van der Waals surface area contributed by atoms with Crippen LogP contribution in [0.5, 0.6) is 0 Å². The largest absolute Gasteiger partial charge is 0.357 e. The molecule has 3 rings (SSSR count). The van der Waals surface area contributed by atoms with Crippen LogP contribution < -0.4 is 5.32 Å². The summed E-state index contributed by atoms with van der Waals surface area (Å²) in [5, 5.41) is 4.45. The molecule has 2 aliphatic rings. The van der Waals surface area contributed by atoms with Gasteiger partial charge in [-0.15, -0.1) is 35.3 Å². The fraction of sp³-hybridized carbons (Fsp3) is 0.762. The number of halogens is 1. The number of carbonyl (C=O) groups excluding carboxylic acids is 1. The molecule has 0 aromatic carbocycles. The van der Waals surface area contributed by atoms with Crippen LogP contribution in [0.25, 0.3) is 0 Å². The SMILES string of the molecule is CCNC(=NCc1ncc(C)s1)N1CCN(CC(=O)N2CC(C)CC(C)C2)CC1.I. The van der Waals surface area contributed by atoms with Crippen molar-refractivity contribution < 1.29 is 4.79 Å². The second-order valence-electron chi connectivity index (χ2n) is 8.54. The molecule has 2 saturated heterocycles. The predicted molar refractivity (Wildman–Crippen MR) is 135 cm³/mol. The van der Waals surface area contributed by atoms with Gasteiger partial charge in [0.15, 0.2) is 5.96 Å². The summed E-state index contributed by atoms with van der Waals surface area (Å²) in [4.78, 5) is 29.8. The Hall–Kier alpha value is -0.940. The number of guanidine groups is 1. The van der Waals surface area contributed by atoms with Crippen LogP contribution in [0.3, 0.4) is 0 Å². The van der Waals surface area contributed by atoms with Gasteiger partial charge < -0.3 is 15.1 Å². The summed E-state index contributed by atoms with van der Waals surface area (Å²) in [6, 6.07) is 0. The summed E-state index contributed by atoms with van der Waals surface area (Å²) in [6.07, 6.45) is 3.14. The van der Waals surface area contributed by atoms with E-state index in [2.05, 4.69) is 52.7 Å². The van der Waals surface area contributed by atoms with Crippen LogP contribution in [0.2, 0.25) is 0 Å². The Morgan fingerprint density at radius 3 is 2.43 bits per heavy atom. The van der Waals surface area contributed by atoms with E-state index in [0.717, 1.165) is 56.8 Å². The van der Waals surface area contributed by atoms with Crippen LogP contribution in [0.1, 0.15) is 37.1 Å². The summed E-state index contributed by atoms with van der Waals surface area (Å²) in [6.45, 7) is 16.1. The van der Waals surface area contributed by atoms with E-state index in [1.165, 1.54) is 11.3 Å². The van der Waals surface area contributed by atoms with Crippen LogP contribution in [0.4, 0.5) is 0 Å².